The van der Waals surface area contributed by atoms with Crippen molar-refractivity contribution in [1.29, 1.82) is 0 Å². The van der Waals surface area contributed by atoms with Gasteiger partial charge in [0.2, 0.25) is 0 Å². The van der Waals surface area contributed by atoms with Crippen molar-refractivity contribution < 1.29 is 18.3 Å². The topological polar surface area (TPSA) is 18.5 Å². The lowest BCUT2D eigenvalue weighted by molar-refractivity contribution is -0.185. The van der Waals surface area contributed by atoms with Gasteiger partial charge in [-0.15, -0.1) is 0 Å². The highest BCUT2D eigenvalue weighted by molar-refractivity contribution is 4.92. The van der Waals surface area contributed by atoms with Gasteiger partial charge in [0.25, 0.3) is 6.08 Å². The molecule has 0 atom stereocenters. The van der Waals surface area contributed by atoms with Gasteiger partial charge in [-0.25, -0.2) is 0 Å². The van der Waals surface area contributed by atoms with E-state index in [0.29, 0.717) is 11.8 Å². The molecule has 4 heteroatoms. The molecule has 0 radical (unpaired) electrons. The minimum absolute atomic E-state index is 0.0573. The molecule has 0 spiro atoms. The number of allylic oxidation sites excluding steroid dienone is 2. The average Bonchev–Trinajstić information content (AvgIpc) is 2.46. The standard InChI is InChI=1S/C16H24F2O2/c1-2-3-4-16-19-10-14(11-20-16)13-7-5-12(6-8-13)9-15(17)18/h3-4,9,12-14,16H,2,5-8,10-11H2,1H3. The molecule has 2 aliphatic rings. The van der Waals surface area contributed by atoms with E-state index in [1.807, 2.05) is 12.2 Å². The lowest BCUT2D eigenvalue weighted by Gasteiger charge is -2.36. The largest absolute Gasteiger partial charge is 0.349 e. The Kier molecular flexibility index (Phi) is 6.17. The molecule has 0 amide bonds. The van der Waals surface area contributed by atoms with E-state index in [1.54, 1.807) is 0 Å². The highest BCUT2D eigenvalue weighted by atomic mass is 19.3. The summed E-state index contributed by atoms with van der Waals surface area (Å²) in [6, 6.07) is 0. The number of ether oxygens (including phenoxy) is 2. The molecule has 1 aliphatic heterocycles. The first kappa shape index (κ1) is 15.6. The van der Waals surface area contributed by atoms with Gasteiger partial charge in [0.15, 0.2) is 6.29 Å². The third-order valence-corrected chi connectivity index (χ3v) is 4.32. The second-order valence-electron chi connectivity index (χ2n) is 5.76. The Morgan fingerprint density at radius 2 is 1.70 bits per heavy atom. The van der Waals surface area contributed by atoms with Gasteiger partial charge in [-0.3, -0.25) is 0 Å². The van der Waals surface area contributed by atoms with Crippen molar-refractivity contribution in [3.63, 3.8) is 0 Å². The normalized spacial score (nSPS) is 35.1. The first-order valence-electron chi connectivity index (χ1n) is 7.61. The molecule has 0 N–H and O–H groups in total. The molecule has 20 heavy (non-hydrogen) atoms. The van der Waals surface area contributed by atoms with Gasteiger partial charge in [-0.05, 0) is 56.1 Å². The summed E-state index contributed by atoms with van der Waals surface area (Å²) in [5.41, 5.74) is 0. The monoisotopic (exact) mass is 286 g/mol. The lowest BCUT2D eigenvalue weighted by atomic mass is 9.76. The Balaban J connectivity index is 1.73. The summed E-state index contributed by atoms with van der Waals surface area (Å²) in [5, 5.41) is 0. The molecule has 1 saturated heterocycles. The van der Waals surface area contributed by atoms with Gasteiger partial charge < -0.3 is 9.47 Å². The number of halogens is 2. The summed E-state index contributed by atoms with van der Waals surface area (Å²) in [7, 11) is 0. The smallest absolute Gasteiger partial charge is 0.266 e. The van der Waals surface area contributed by atoms with Gasteiger partial charge in [0.05, 0.1) is 13.2 Å². The molecule has 0 unspecified atom stereocenters. The van der Waals surface area contributed by atoms with Gasteiger partial charge in [-0.2, -0.15) is 8.78 Å². The molecular formula is C16H24F2O2. The SMILES string of the molecule is CCC=CC1OCC(C2CCC(C=C(F)F)CC2)CO1. The molecule has 1 heterocycles. The minimum Gasteiger partial charge on any atom is -0.349 e. The zero-order valence-electron chi connectivity index (χ0n) is 12.1. The van der Waals surface area contributed by atoms with Crippen LogP contribution in [0, 0.1) is 17.8 Å². The Hall–Kier alpha value is -0.740. The number of rotatable bonds is 4. The molecule has 2 fully saturated rings. The molecule has 0 bridgehead atoms. The lowest BCUT2D eigenvalue weighted by Crippen LogP contribution is -2.36. The highest BCUT2D eigenvalue weighted by Gasteiger charge is 2.31. The highest BCUT2D eigenvalue weighted by Crippen LogP contribution is 2.36. The van der Waals surface area contributed by atoms with Crippen LogP contribution in [0.1, 0.15) is 39.0 Å². The quantitative estimate of drug-likeness (QED) is 0.707. The van der Waals surface area contributed by atoms with Crippen LogP contribution in [-0.2, 0) is 9.47 Å². The molecule has 114 valence electrons. The Morgan fingerprint density at radius 1 is 1.05 bits per heavy atom. The van der Waals surface area contributed by atoms with Crippen LogP contribution in [0.5, 0.6) is 0 Å². The van der Waals surface area contributed by atoms with E-state index in [4.69, 9.17) is 9.47 Å². The first-order chi connectivity index (χ1) is 9.69. The summed E-state index contributed by atoms with van der Waals surface area (Å²) in [6.07, 6.45) is 8.09. The summed E-state index contributed by atoms with van der Waals surface area (Å²) in [6.45, 7) is 3.53. The maximum Gasteiger partial charge on any atom is 0.266 e. The van der Waals surface area contributed by atoms with Crippen LogP contribution >= 0.6 is 0 Å². The van der Waals surface area contributed by atoms with E-state index >= 15 is 0 Å². The molecule has 2 nitrogen and oxygen atoms in total. The first-order valence-corrected chi connectivity index (χ1v) is 7.61. The van der Waals surface area contributed by atoms with E-state index in [0.717, 1.165) is 51.4 Å². The minimum atomic E-state index is -1.54. The fourth-order valence-corrected chi connectivity index (χ4v) is 3.12. The van der Waals surface area contributed by atoms with Crippen molar-refractivity contribution in [3.05, 3.63) is 24.3 Å². The molecule has 2 rings (SSSR count). The molecule has 0 aromatic rings. The summed E-state index contributed by atoms with van der Waals surface area (Å²) >= 11 is 0. The van der Waals surface area contributed by atoms with Crippen LogP contribution in [0.3, 0.4) is 0 Å². The number of hydrogen-bond donors (Lipinski definition) is 0. The fraction of sp³-hybridized carbons (Fsp3) is 0.750. The maximum absolute atomic E-state index is 12.2. The van der Waals surface area contributed by atoms with Crippen LogP contribution in [0.15, 0.2) is 24.3 Å². The van der Waals surface area contributed by atoms with E-state index in [2.05, 4.69) is 6.92 Å². The van der Waals surface area contributed by atoms with Crippen LogP contribution < -0.4 is 0 Å². The average molecular weight is 286 g/mol. The second-order valence-corrected chi connectivity index (χ2v) is 5.76. The van der Waals surface area contributed by atoms with Gasteiger partial charge in [0.1, 0.15) is 0 Å². The van der Waals surface area contributed by atoms with Crippen LogP contribution in [0.4, 0.5) is 8.78 Å². The predicted octanol–water partition coefficient (Wildman–Crippen LogP) is 4.53. The third kappa shape index (κ3) is 4.67. The second kappa shape index (κ2) is 7.89. The van der Waals surface area contributed by atoms with E-state index in [1.165, 1.54) is 0 Å². The third-order valence-electron chi connectivity index (χ3n) is 4.32. The molecule has 0 aromatic heterocycles. The van der Waals surface area contributed by atoms with Crippen molar-refractivity contribution >= 4 is 0 Å². The van der Waals surface area contributed by atoms with Gasteiger partial charge >= 0.3 is 0 Å². The van der Waals surface area contributed by atoms with E-state index < -0.39 is 6.08 Å². The van der Waals surface area contributed by atoms with Crippen molar-refractivity contribution in [2.24, 2.45) is 17.8 Å². The number of hydrogen-bond acceptors (Lipinski definition) is 2. The predicted molar refractivity (Wildman–Crippen MR) is 74.4 cm³/mol. The molecular weight excluding hydrogens is 262 g/mol. The molecule has 0 aromatic carbocycles. The fourth-order valence-electron chi connectivity index (χ4n) is 3.12. The molecule has 1 saturated carbocycles. The van der Waals surface area contributed by atoms with Crippen molar-refractivity contribution in [1.82, 2.24) is 0 Å². The van der Waals surface area contributed by atoms with Gasteiger partial charge in [-0.1, -0.05) is 13.0 Å². The van der Waals surface area contributed by atoms with Crippen LogP contribution in [-0.4, -0.2) is 19.5 Å². The summed E-state index contributed by atoms with van der Waals surface area (Å²) in [4.78, 5) is 0. The van der Waals surface area contributed by atoms with Crippen molar-refractivity contribution in [3.8, 4) is 0 Å². The van der Waals surface area contributed by atoms with Gasteiger partial charge in [0, 0.05) is 5.92 Å². The Labute approximate surface area is 119 Å². The molecule has 1 aliphatic carbocycles. The zero-order valence-corrected chi connectivity index (χ0v) is 12.1. The Morgan fingerprint density at radius 3 is 2.25 bits per heavy atom. The Bertz CT molecular complexity index is 334. The van der Waals surface area contributed by atoms with Crippen LogP contribution in [0.2, 0.25) is 0 Å². The van der Waals surface area contributed by atoms with E-state index in [9.17, 15) is 8.78 Å². The zero-order chi connectivity index (χ0) is 14.4. The van der Waals surface area contributed by atoms with E-state index in [-0.39, 0.29) is 12.2 Å². The summed E-state index contributed by atoms with van der Waals surface area (Å²) < 4.78 is 35.9. The van der Waals surface area contributed by atoms with Crippen molar-refractivity contribution in [2.45, 2.75) is 45.3 Å². The van der Waals surface area contributed by atoms with Crippen LogP contribution in [0.25, 0.3) is 0 Å². The summed E-state index contributed by atoms with van der Waals surface area (Å²) in [5.74, 6) is 1.03. The van der Waals surface area contributed by atoms with Crippen molar-refractivity contribution in [2.75, 3.05) is 13.2 Å². The maximum atomic E-state index is 12.2.